The number of hydrogen-bond donors (Lipinski definition) is 1. The molecule has 0 heterocycles. The van der Waals surface area contributed by atoms with Crippen LogP contribution in [0.2, 0.25) is 0 Å². The third-order valence-corrected chi connectivity index (χ3v) is 4.51. The molecule has 2 unspecified atom stereocenters. The van der Waals surface area contributed by atoms with Gasteiger partial charge in [0.2, 0.25) is 5.91 Å². The van der Waals surface area contributed by atoms with Crippen LogP contribution in [0.3, 0.4) is 0 Å². The molecule has 1 aliphatic rings. The molecule has 1 aliphatic carbocycles. The lowest BCUT2D eigenvalue weighted by Gasteiger charge is -2.26. The fraction of sp³-hybridized carbons (Fsp3) is 0.316. The van der Waals surface area contributed by atoms with Crippen LogP contribution < -0.4 is 0 Å². The molecule has 3 nitrogen and oxygen atoms in total. The Morgan fingerprint density at radius 1 is 1.18 bits per heavy atom. The highest BCUT2D eigenvalue weighted by atomic mass is 16.3. The summed E-state index contributed by atoms with van der Waals surface area (Å²) in [5.41, 5.74) is 3.36. The van der Waals surface area contributed by atoms with E-state index in [1.807, 2.05) is 49.5 Å². The van der Waals surface area contributed by atoms with E-state index in [9.17, 15) is 9.90 Å². The van der Waals surface area contributed by atoms with Crippen molar-refractivity contribution in [2.24, 2.45) is 0 Å². The summed E-state index contributed by atoms with van der Waals surface area (Å²) in [6.07, 6.45) is 1.36. The van der Waals surface area contributed by atoms with Crippen LogP contribution in [0.4, 0.5) is 0 Å². The maximum atomic E-state index is 12.5. The van der Waals surface area contributed by atoms with Crippen molar-refractivity contribution in [3.8, 4) is 0 Å². The van der Waals surface area contributed by atoms with Crippen molar-refractivity contribution >= 4 is 5.91 Å². The van der Waals surface area contributed by atoms with Gasteiger partial charge in [0, 0.05) is 7.05 Å². The van der Waals surface area contributed by atoms with Crippen LogP contribution in [-0.4, -0.2) is 23.0 Å². The largest absolute Gasteiger partial charge is 0.388 e. The molecule has 3 rings (SSSR count). The minimum absolute atomic E-state index is 0.0157. The first-order chi connectivity index (χ1) is 10.7. The third kappa shape index (κ3) is 2.90. The molecule has 1 N–H and O–H groups in total. The Kier molecular flexibility index (Phi) is 4.25. The highest BCUT2D eigenvalue weighted by molar-refractivity contribution is 5.77. The standard InChI is InChI=1S/C19H21NO2/c1-20(17-12-11-14-7-5-6-10-16(14)17)19(22)13-18(21)15-8-3-2-4-9-15/h2-10,17-18,21H,11-13H2,1H3. The minimum atomic E-state index is -0.743. The molecular formula is C19H21NO2. The van der Waals surface area contributed by atoms with Gasteiger partial charge in [-0.3, -0.25) is 4.79 Å². The molecule has 0 bridgehead atoms. The quantitative estimate of drug-likeness (QED) is 0.940. The van der Waals surface area contributed by atoms with Crippen molar-refractivity contribution in [2.45, 2.75) is 31.4 Å². The SMILES string of the molecule is CN(C(=O)CC(O)c1ccccc1)C1CCc2ccccc21. The van der Waals surface area contributed by atoms with E-state index in [-0.39, 0.29) is 18.4 Å². The predicted molar refractivity (Wildman–Crippen MR) is 86.3 cm³/mol. The van der Waals surface area contributed by atoms with Crippen molar-refractivity contribution in [1.29, 1.82) is 0 Å². The van der Waals surface area contributed by atoms with Gasteiger partial charge < -0.3 is 10.0 Å². The lowest BCUT2D eigenvalue weighted by atomic mass is 10.0. The van der Waals surface area contributed by atoms with E-state index in [0.717, 1.165) is 18.4 Å². The zero-order valence-corrected chi connectivity index (χ0v) is 12.8. The van der Waals surface area contributed by atoms with E-state index in [4.69, 9.17) is 0 Å². The Hall–Kier alpha value is -2.13. The van der Waals surface area contributed by atoms with Gasteiger partial charge in [0.1, 0.15) is 0 Å². The Morgan fingerprint density at radius 2 is 1.86 bits per heavy atom. The van der Waals surface area contributed by atoms with Gasteiger partial charge in [-0.25, -0.2) is 0 Å². The number of hydrogen-bond acceptors (Lipinski definition) is 2. The van der Waals surface area contributed by atoms with Crippen LogP contribution in [-0.2, 0) is 11.2 Å². The number of carbonyl (C=O) groups is 1. The molecule has 22 heavy (non-hydrogen) atoms. The molecule has 2 aromatic carbocycles. The van der Waals surface area contributed by atoms with Crippen molar-refractivity contribution in [1.82, 2.24) is 4.90 Å². The van der Waals surface area contributed by atoms with Gasteiger partial charge in [0.15, 0.2) is 0 Å². The van der Waals surface area contributed by atoms with Gasteiger partial charge in [-0.05, 0) is 29.5 Å². The minimum Gasteiger partial charge on any atom is -0.388 e. The van der Waals surface area contributed by atoms with Crippen LogP contribution in [0.1, 0.15) is 41.7 Å². The summed E-state index contributed by atoms with van der Waals surface area (Å²) in [7, 11) is 1.84. The molecule has 2 aromatic rings. The van der Waals surface area contributed by atoms with Crippen molar-refractivity contribution in [2.75, 3.05) is 7.05 Å². The molecule has 0 saturated heterocycles. The van der Waals surface area contributed by atoms with E-state index in [0.29, 0.717) is 0 Å². The molecular weight excluding hydrogens is 274 g/mol. The molecule has 1 amide bonds. The number of aryl methyl sites for hydroxylation is 1. The van der Waals surface area contributed by atoms with E-state index in [1.165, 1.54) is 11.1 Å². The number of benzene rings is 2. The maximum absolute atomic E-state index is 12.5. The summed E-state index contributed by atoms with van der Waals surface area (Å²) in [5, 5.41) is 10.2. The molecule has 0 aromatic heterocycles. The van der Waals surface area contributed by atoms with Crippen molar-refractivity contribution in [3.05, 3.63) is 71.3 Å². The van der Waals surface area contributed by atoms with Crippen LogP contribution in [0.25, 0.3) is 0 Å². The topological polar surface area (TPSA) is 40.5 Å². The Labute approximate surface area is 131 Å². The number of carbonyl (C=O) groups excluding carboxylic acids is 1. The molecule has 114 valence electrons. The molecule has 3 heteroatoms. The second kappa shape index (κ2) is 6.32. The van der Waals surface area contributed by atoms with Crippen LogP contribution in [0.15, 0.2) is 54.6 Å². The summed E-state index contributed by atoms with van der Waals surface area (Å²) in [6, 6.07) is 17.8. The van der Waals surface area contributed by atoms with Gasteiger partial charge in [-0.2, -0.15) is 0 Å². The lowest BCUT2D eigenvalue weighted by Crippen LogP contribution is -2.31. The number of amides is 1. The normalized spacial score (nSPS) is 17.8. The summed E-state index contributed by atoms with van der Waals surface area (Å²) in [6.45, 7) is 0. The van der Waals surface area contributed by atoms with Crippen molar-refractivity contribution in [3.63, 3.8) is 0 Å². The van der Waals surface area contributed by atoms with Gasteiger partial charge >= 0.3 is 0 Å². The number of nitrogens with zero attached hydrogens (tertiary/aromatic N) is 1. The molecule has 0 radical (unpaired) electrons. The van der Waals surface area contributed by atoms with Gasteiger partial charge in [-0.1, -0.05) is 54.6 Å². The van der Waals surface area contributed by atoms with Gasteiger partial charge in [0.25, 0.3) is 0 Å². The molecule has 0 fully saturated rings. The zero-order chi connectivity index (χ0) is 15.5. The van der Waals surface area contributed by atoms with Gasteiger partial charge in [0.05, 0.1) is 18.6 Å². The van der Waals surface area contributed by atoms with Crippen LogP contribution in [0.5, 0.6) is 0 Å². The summed E-state index contributed by atoms with van der Waals surface area (Å²) in [4.78, 5) is 14.3. The molecule has 0 spiro atoms. The monoisotopic (exact) mass is 295 g/mol. The van der Waals surface area contributed by atoms with E-state index in [1.54, 1.807) is 4.90 Å². The second-order valence-corrected chi connectivity index (χ2v) is 5.89. The highest BCUT2D eigenvalue weighted by Crippen LogP contribution is 2.35. The summed E-state index contributed by atoms with van der Waals surface area (Å²) < 4.78 is 0. The highest BCUT2D eigenvalue weighted by Gasteiger charge is 2.29. The van der Waals surface area contributed by atoms with Gasteiger partial charge in [-0.15, -0.1) is 0 Å². The average molecular weight is 295 g/mol. The first kappa shape index (κ1) is 14.8. The summed E-state index contributed by atoms with van der Waals surface area (Å²) >= 11 is 0. The molecule has 0 saturated carbocycles. The zero-order valence-electron chi connectivity index (χ0n) is 12.8. The summed E-state index contributed by atoms with van der Waals surface area (Å²) in [5.74, 6) is -0.0157. The number of aliphatic hydroxyl groups excluding tert-OH is 1. The fourth-order valence-electron chi connectivity index (χ4n) is 3.21. The Balaban J connectivity index is 1.68. The van der Waals surface area contributed by atoms with Crippen LogP contribution >= 0.6 is 0 Å². The lowest BCUT2D eigenvalue weighted by molar-refractivity contribution is -0.134. The number of fused-ring (bicyclic) bond motifs is 1. The Morgan fingerprint density at radius 3 is 2.64 bits per heavy atom. The number of rotatable bonds is 4. The second-order valence-electron chi connectivity index (χ2n) is 5.89. The van der Waals surface area contributed by atoms with E-state index >= 15 is 0 Å². The first-order valence-electron chi connectivity index (χ1n) is 7.73. The first-order valence-corrected chi connectivity index (χ1v) is 7.73. The van der Waals surface area contributed by atoms with Crippen molar-refractivity contribution < 1.29 is 9.90 Å². The number of aliphatic hydroxyl groups is 1. The van der Waals surface area contributed by atoms with E-state index < -0.39 is 6.10 Å². The molecule has 0 aliphatic heterocycles. The van der Waals surface area contributed by atoms with Crippen LogP contribution in [0, 0.1) is 0 Å². The molecule has 2 atom stereocenters. The predicted octanol–water partition coefficient (Wildman–Crippen LogP) is 3.26. The maximum Gasteiger partial charge on any atom is 0.225 e. The van der Waals surface area contributed by atoms with E-state index in [2.05, 4.69) is 12.1 Å². The fourth-order valence-corrected chi connectivity index (χ4v) is 3.21. The third-order valence-electron chi connectivity index (χ3n) is 4.51. The average Bonchev–Trinajstić information content (AvgIpc) is 2.99. The smallest absolute Gasteiger partial charge is 0.225 e. The Bertz CT molecular complexity index is 653.